The van der Waals surface area contributed by atoms with Crippen LogP contribution in [0.3, 0.4) is 0 Å². The molecule has 2 rings (SSSR count). The zero-order valence-electron chi connectivity index (χ0n) is 10.0. The van der Waals surface area contributed by atoms with Crippen molar-refractivity contribution in [1.29, 1.82) is 5.26 Å². The third-order valence-corrected chi connectivity index (χ3v) is 4.83. The second kappa shape index (κ2) is 6.27. The van der Waals surface area contributed by atoms with Crippen LogP contribution in [0.2, 0.25) is 0 Å². The van der Waals surface area contributed by atoms with E-state index in [-0.39, 0.29) is 11.2 Å². The number of amides is 1. The van der Waals surface area contributed by atoms with Gasteiger partial charge >= 0.3 is 0 Å². The second-order valence-corrected chi connectivity index (χ2v) is 6.03. The van der Waals surface area contributed by atoms with Gasteiger partial charge in [0.25, 0.3) is 0 Å². The van der Waals surface area contributed by atoms with Crippen LogP contribution < -0.4 is 5.32 Å². The van der Waals surface area contributed by atoms with Gasteiger partial charge in [-0.2, -0.15) is 5.26 Å². The average molecular weight is 253 g/mol. The summed E-state index contributed by atoms with van der Waals surface area (Å²) in [5.41, 5.74) is 0. The van der Waals surface area contributed by atoms with Crippen LogP contribution in [-0.4, -0.2) is 47.5 Å². The fraction of sp³-hybridized carbons (Fsp3) is 0.833. The Balaban J connectivity index is 1.70. The molecule has 2 fully saturated rings. The molecule has 2 aliphatic heterocycles. The molecule has 0 aromatic rings. The highest BCUT2D eigenvalue weighted by Gasteiger charge is 2.26. The Morgan fingerprint density at radius 2 is 2.18 bits per heavy atom. The standard InChI is InChI=1S/C12H19N3OS/c13-5-8-15-6-3-10(4-7-15)14-12(16)11-2-1-9-17-11/h10-11H,1-4,6-9H2,(H,14,16). The lowest BCUT2D eigenvalue weighted by molar-refractivity contribution is -0.121. The molecule has 0 spiro atoms. The van der Waals surface area contributed by atoms with E-state index >= 15 is 0 Å². The van der Waals surface area contributed by atoms with Crippen LogP contribution in [0.4, 0.5) is 0 Å². The number of carbonyl (C=O) groups is 1. The highest BCUT2D eigenvalue weighted by atomic mass is 32.2. The number of hydrogen-bond donors (Lipinski definition) is 1. The van der Waals surface area contributed by atoms with Crippen molar-refractivity contribution in [1.82, 2.24) is 10.2 Å². The Labute approximate surface area is 107 Å². The predicted octanol–water partition coefficient (Wildman–Crippen LogP) is 0.986. The Kier molecular flexibility index (Phi) is 4.69. The summed E-state index contributed by atoms with van der Waals surface area (Å²) in [6, 6.07) is 2.49. The van der Waals surface area contributed by atoms with Gasteiger partial charge in [0.05, 0.1) is 17.9 Å². The largest absolute Gasteiger partial charge is 0.352 e. The minimum absolute atomic E-state index is 0.187. The minimum atomic E-state index is 0.187. The van der Waals surface area contributed by atoms with Crippen LogP contribution >= 0.6 is 11.8 Å². The van der Waals surface area contributed by atoms with Gasteiger partial charge in [-0.15, -0.1) is 11.8 Å². The van der Waals surface area contributed by atoms with Crippen molar-refractivity contribution in [2.75, 3.05) is 25.4 Å². The molecule has 1 amide bonds. The van der Waals surface area contributed by atoms with E-state index in [1.54, 1.807) is 11.8 Å². The third-order valence-electron chi connectivity index (χ3n) is 3.45. The molecule has 4 nitrogen and oxygen atoms in total. The van der Waals surface area contributed by atoms with Crippen LogP contribution in [0.15, 0.2) is 0 Å². The highest BCUT2D eigenvalue weighted by Crippen LogP contribution is 2.26. The van der Waals surface area contributed by atoms with Crippen molar-refractivity contribution >= 4 is 17.7 Å². The fourth-order valence-corrected chi connectivity index (χ4v) is 3.58. The topological polar surface area (TPSA) is 56.1 Å². The van der Waals surface area contributed by atoms with Crippen LogP contribution in [0, 0.1) is 11.3 Å². The quantitative estimate of drug-likeness (QED) is 0.762. The number of piperidine rings is 1. The molecule has 0 aromatic carbocycles. The van der Waals surface area contributed by atoms with Crippen LogP contribution in [-0.2, 0) is 4.79 Å². The summed E-state index contributed by atoms with van der Waals surface area (Å²) in [7, 11) is 0. The van der Waals surface area contributed by atoms with Crippen molar-refractivity contribution < 1.29 is 4.79 Å². The lowest BCUT2D eigenvalue weighted by atomic mass is 10.0. The van der Waals surface area contributed by atoms with Gasteiger partial charge in [-0.05, 0) is 31.4 Å². The number of thioether (sulfide) groups is 1. The van der Waals surface area contributed by atoms with E-state index in [1.807, 2.05) is 0 Å². The van der Waals surface area contributed by atoms with Crippen molar-refractivity contribution in [3.05, 3.63) is 0 Å². The van der Waals surface area contributed by atoms with E-state index in [1.165, 1.54) is 6.42 Å². The third kappa shape index (κ3) is 3.62. The van der Waals surface area contributed by atoms with Gasteiger partial charge in [-0.1, -0.05) is 0 Å². The van der Waals surface area contributed by atoms with E-state index in [2.05, 4.69) is 16.3 Å². The van der Waals surface area contributed by atoms with E-state index in [9.17, 15) is 4.79 Å². The van der Waals surface area contributed by atoms with Crippen molar-refractivity contribution in [2.24, 2.45) is 0 Å². The molecule has 5 heteroatoms. The normalized spacial score (nSPS) is 26.6. The lowest BCUT2D eigenvalue weighted by Gasteiger charge is -2.31. The van der Waals surface area contributed by atoms with Crippen LogP contribution in [0.5, 0.6) is 0 Å². The monoisotopic (exact) mass is 253 g/mol. The summed E-state index contributed by atoms with van der Waals surface area (Å²) < 4.78 is 0. The Morgan fingerprint density at radius 3 is 2.76 bits per heavy atom. The zero-order chi connectivity index (χ0) is 12.1. The molecule has 0 saturated carbocycles. The van der Waals surface area contributed by atoms with Gasteiger partial charge < -0.3 is 5.32 Å². The predicted molar refractivity (Wildman–Crippen MR) is 68.7 cm³/mol. The molecular formula is C12H19N3OS. The molecule has 2 aliphatic rings. The van der Waals surface area contributed by atoms with Gasteiger partial charge in [0.15, 0.2) is 0 Å². The number of nitriles is 1. The van der Waals surface area contributed by atoms with Crippen molar-refractivity contribution in [3.63, 3.8) is 0 Å². The molecule has 2 saturated heterocycles. The van der Waals surface area contributed by atoms with Crippen molar-refractivity contribution in [3.8, 4) is 6.07 Å². The number of likely N-dealkylation sites (tertiary alicyclic amines) is 1. The maximum atomic E-state index is 11.9. The Hall–Kier alpha value is -0.730. The average Bonchev–Trinajstić information content (AvgIpc) is 2.86. The van der Waals surface area contributed by atoms with E-state index in [0.29, 0.717) is 12.6 Å². The first-order valence-electron chi connectivity index (χ1n) is 6.31. The highest BCUT2D eigenvalue weighted by molar-refractivity contribution is 8.00. The fourth-order valence-electron chi connectivity index (χ4n) is 2.41. The SMILES string of the molecule is N#CCN1CCC(NC(=O)C2CCCS2)CC1. The van der Waals surface area contributed by atoms with Gasteiger partial charge in [-0.3, -0.25) is 9.69 Å². The zero-order valence-corrected chi connectivity index (χ0v) is 10.8. The molecule has 1 unspecified atom stereocenters. The molecule has 0 radical (unpaired) electrons. The number of hydrogen-bond acceptors (Lipinski definition) is 4. The molecule has 94 valence electrons. The summed E-state index contributed by atoms with van der Waals surface area (Å²) in [6.45, 7) is 2.37. The molecular weight excluding hydrogens is 234 g/mol. The first kappa shape index (κ1) is 12.7. The molecule has 2 heterocycles. The summed E-state index contributed by atoms with van der Waals surface area (Å²) in [5, 5.41) is 12.0. The van der Waals surface area contributed by atoms with Gasteiger partial charge in [0.1, 0.15) is 0 Å². The van der Waals surface area contributed by atoms with E-state index in [4.69, 9.17) is 5.26 Å². The summed E-state index contributed by atoms with van der Waals surface area (Å²) in [6.07, 6.45) is 4.16. The maximum absolute atomic E-state index is 11.9. The number of nitrogens with one attached hydrogen (secondary N) is 1. The molecule has 1 atom stereocenters. The van der Waals surface area contributed by atoms with Crippen LogP contribution in [0.25, 0.3) is 0 Å². The molecule has 1 N–H and O–H groups in total. The summed E-state index contributed by atoms with van der Waals surface area (Å²) in [4.78, 5) is 14.1. The molecule has 0 aromatic heterocycles. The second-order valence-electron chi connectivity index (χ2n) is 4.72. The first-order valence-corrected chi connectivity index (χ1v) is 7.36. The van der Waals surface area contributed by atoms with E-state index in [0.717, 1.165) is 38.1 Å². The van der Waals surface area contributed by atoms with Gasteiger partial charge in [0, 0.05) is 19.1 Å². The van der Waals surface area contributed by atoms with Gasteiger partial charge in [-0.25, -0.2) is 0 Å². The van der Waals surface area contributed by atoms with Crippen molar-refractivity contribution in [2.45, 2.75) is 37.0 Å². The van der Waals surface area contributed by atoms with Crippen LogP contribution in [0.1, 0.15) is 25.7 Å². The summed E-state index contributed by atoms with van der Waals surface area (Å²) >= 11 is 1.78. The van der Waals surface area contributed by atoms with Gasteiger partial charge in [0.2, 0.25) is 5.91 Å². The first-order chi connectivity index (χ1) is 8.29. The molecule has 17 heavy (non-hydrogen) atoms. The number of rotatable bonds is 3. The lowest BCUT2D eigenvalue weighted by Crippen LogP contribution is -2.46. The Morgan fingerprint density at radius 1 is 1.41 bits per heavy atom. The Bertz CT molecular complexity index is 301. The summed E-state index contributed by atoms with van der Waals surface area (Å²) in [5.74, 6) is 1.35. The maximum Gasteiger partial charge on any atom is 0.233 e. The molecule has 0 bridgehead atoms. The molecule has 0 aliphatic carbocycles. The van der Waals surface area contributed by atoms with E-state index < -0.39 is 0 Å². The number of nitrogens with zero attached hydrogens (tertiary/aromatic N) is 2. The number of carbonyl (C=O) groups excluding carboxylic acids is 1. The smallest absolute Gasteiger partial charge is 0.233 e. The minimum Gasteiger partial charge on any atom is -0.352 e.